The van der Waals surface area contributed by atoms with Crippen LogP contribution in [-0.4, -0.2) is 24.1 Å². The van der Waals surface area contributed by atoms with Crippen LogP contribution in [0.4, 0.5) is 4.39 Å². The summed E-state index contributed by atoms with van der Waals surface area (Å²) in [5.74, 6) is 0.135. The van der Waals surface area contributed by atoms with Crippen molar-refractivity contribution in [1.29, 1.82) is 0 Å². The smallest absolute Gasteiger partial charge is 0.124 e. The summed E-state index contributed by atoms with van der Waals surface area (Å²) in [4.78, 5) is 1.80. The van der Waals surface area contributed by atoms with Crippen molar-refractivity contribution < 1.29 is 14.3 Å². The molecular weight excluding hydrogens is 325 g/mol. The predicted octanol–water partition coefficient (Wildman–Crippen LogP) is 5.07. The zero-order chi connectivity index (χ0) is 16.9. The Morgan fingerprint density at radius 1 is 1.21 bits per heavy atom. The molecule has 1 saturated heterocycles. The van der Waals surface area contributed by atoms with E-state index in [2.05, 4.69) is 11.2 Å². The van der Waals surface area contributed by atoms with Crippen LogP contribution in [0.3, 0.4) is 0 Å². The molecule has 1 fully saturated rings. The van der Waals surface area contributed by atoms with E-state index in [9.17, 15) is 4.39 Å². The number of ether oxygens (including phenoxy) is 1. The molecule has 3 nitrogen and oxygen atoms in total. The van der Waals surface area contributed by atoms with Gasteiger partial charge in [-0.25, -0.2) is 4.39 Å². The van der Waals surface area contributed by atoms with Crippen LogP contribution in [0.25, 0.3) is 0 Å². The lowest BCUT2D eigenvalue weighted by Gasteiger charge is -2.23. The molecule has 1 aliphatic heterocycles. The highest BCUT2D eigenvalue weighted by Gasteiger charge is 2.18. The summed E-state index contributed by atoms with van der Waals surface area (Å²) in [5.41, 5.74) is 2.42. The summed E-state index contributed by atoms with van der Waals surface area (Å²) >= 11 is 1.49. The molecule has 2 aromatic rings. The molecule has 1 N–H and O–H groups in total. The zero-order valence-corrected chi connectivity index (χ0v) is 14.4. The van der Waals surface area contributed by atoms with Crippen LogP contribution in [0.5, 0.6) is 0 Å². The Morgan fingerprint density at radius 3 is 2.71 bits per heavy atom. The summed E-state index contributed by atoms with van der Waals surface area (Å²) in [6.07, 6.45) is 1.86. The molecule has 0 aromatic heterocycles. The van der Waals surface area contributed by atoms with Gasteiger partial charge in [0.05, 0.1) is 5.71 Å². The van der Waals surface area contributed by atoms with E-state index in [1.54, 1.807) is 19.1 Å². The SMILES string of the molecule is C/C(=N\O)c1ccccc1Sc1cc(F)cc(C2CCOCC2)c1. The van der Waals surface area contributed by atoms with E-state index in [0.29, 0.717) is 11.6 Å². The van der Waals surface area contributed by atoms with Crippen molar-refractivity contribution in [3.05, 3.63) is 59.4 Å². The highest BCUT2D eigenvalue weighted by atomic mass is 32.2. The highest BCUT2D eigenvalue weighted by molar-refractivity contribution is 7.99. The van der Waals surface area contributed by atoms with Gasteiger partial charge in [0.25, 0.3) is 0 Å². The molecule has 0 atom stereocenters. The number of halogens is 1. The van der Waals surface area contributed by atoms with Crippen molar-refractivity contribution in [3.8, 4) is 0 Å². The summed E-state index contributed by atoms with van der Waals surface area (Å²) < 4.78 is 19.5. The van der Waals surface area contributed by atoms with E-state index in [1.165, 1.54) is 11.8 Å². The molecule has 0 aliphatic carbocycles. The lowest BCUT2D eigenvalue weighted by atomic mass is 9.92. The Balaban J connectivity index is 1.89. The number of oxime groups is 1. The predicted molar refractivity (Wildman–Crippen MR) is 93.8 cm³/mol. The Labute approximate surface area is 145 Å². The van der Waals surface area contributed by atoms with Crippen molar-refractivity contribution in [3.63, 3.8) is 0 Å². The lowest BCUT2D eigenvalue weighted by Crippen LogP contribution is -2.14. The van der Waals surface area contributed by atoms with Crippen LogP contribution in [0, 0.1) is 5.82 Å². The molecule has 3 rings (SSSR count). The maximum Gasteiger partial charge on any atom is 0.124 e. The fourth-order valence-electron chi connectivity index (χ4n) is 2.95. The van der Waals surface area contributed by atoms with Crippen LogP contribution in [0.1, 0.15) is 36.8 Å². The van der Waals surface area contributed by atoms with Gasteiger partial charge in [0, 0.05) is 28.6 Å². The van der Waals surface area contributed by atoms with Crippen LogP contribution in [0.15, 0.2) is 57.4 Å². The van der Waals surface area contributed by atoms with E-state index >= 15 is 0 Å². The minimum absolute atomic E-state index is 0.216. The van der Waals surface area contributed by atoms with E-state index in [1.807, 2.05) is 24.3 Å². The van der Waals surface area contributed by atoms with Gasteiger partial charge < -0.3 is 9.94 Å². The van der Waals surface area contributed by atoms with Gasteiger partial charge in [-0.05, 0) is 55.5 Å². The fourth-order valence-corrected chi connectivity index (χ4v) is 4.04. The second-order valence-corrected chi connectivity index (χ2v) is 7.01. The van der Waals surface area contributed by atoms with Crippen molar-refractivity contribution in [2.24, 2.45) is 5.16 Å². The molecule has 126 valence electrons. The summed E-state index contributed by atoms with van der Waals surface area (Å²) in [6.45, 7) is 3.22. The molecule has 0 amide bonds. The standard InChI is InChI=1S/C19H20FNO2S/c1-13(21-22)18-4-2-3-5-19(18)24-17-11-15(10-16(20)12-17)14-6-8-23-9-7-14/h2-5,10-12,14,22H,6-9H2,1H3/b21-13+. The highest BCUT2D eigenvalue weighted by Crippen LogP contribution is 2.35. The monoisotopic (exact) mass is 345 g/mol. The number of rotatable bonds is 4. The van der Waals surface area contributed by atoms with Crippen molar-refractivity contribution in [2.45, 2.75) is 35.5 Å². The molecular formula is C19H20FNO2S. The van der Waals surface area contributed by atoms with Gasteiger partial charge in [0.15, 0.2) is 0 Å². The third kappa shape index (κ3) is 3.97. The van der Waals surface area contributed by atoms with Gasteiger partial charge in [-0.1, -0.05) is 35.1 Å². The Morgan fingerprint density at radius 2 is 1.96 bits per heavy atom. The largest absolute Gasteiger partial charge is 0.411 e. The number of hydrogen-bond acceptors (Lipinski definition) is 4. The van der Waals surface area contributed by atoms with Crippen LogP contribution in [0.2, 0.25) is 0 Å². The maximum atomic E-state index is 14.1. The van der Waals surface area contributed by atoms with Crippen LogP contribution in [-0.2, 0) is 4.74 Å². The first-order valence-electron chi connectivity index (χ1n) is 8.01. The Bertz CT molecular complexity index is 742. The molecule has 5 heteroatoms. The second-order valence-electron chi connectivity index (χ2n) is 5.89. The lowest BCUT2D eigenvalue weighted by molar-refractivity contribution is 0.0852. The molecule has 0 bridgehead atoms. The van der Waals surface area contributed by atoms with Crippen molar-refractivity contribution in [1.82, 2.24) is 0 Å². The molecule has 0 unspecified atom stereocenters. The van der Waals surface area contributed by atoms with Gasteiger partial charge in [-0.3, -0.25) is 0 Å². The van der Waals surface area contributed by atoms with Crippen molar-refractivity contribution >= 4 is 17.5 Å². The number of nitrogens with zero attached hydrogens (tertiary/aromatic N) is 1. The van der Waals surface area contributed by atoms with Gasteiger partial charge in [-0.15, -0.1) is 0 Å². The summed E-state index contributed by atoms with van der Waals surface area (Å²) in [7, 11) is 0. The Kier molecular flexibility index (Phi) is 5.53. The van der Waals surface area contributed by atoms with E-state index in [-0.39, 0.29) is 5.82 Å². The van der Waals surface area contributed by atoms with E-state index in [0.717, 1.165) is 47.0 Å². The molecule has 2 aromatic carbocycles. The molecule has 1 aliphatic rings. The van der Waals surface area contributed by atoms with Crippen LogP contribution >= 0.6 is 11.8 Å². The molecule has 24 heavy (non-hydrogen) atoms. The van der Waals surface area contributed by atoms with Gasteiger partial charge >= 0.3 is 0 Å². The normalized spacial score (nSPS) is 16.3. The average molecular weight is 345 g/mol. The zero-order valence-electron chi connectivity index (χ0n) is 13.5. The Hall–Kier alpha value is -1.85. The van der Waals surface area contributed by atoms with E-state index in [4.69, 9.17) is 9.94 Å². The minimum Gasteiger partial charge on any atom is -0.411 e. The van der Waals surface area contributed by atoms with Crippen molar-refractivity contribution in [2.75, 3.05) is 13.2 Å². The van der Waals surface area contributed by atoms with Crippen LogP contribution < -0.4 is 0 Å². The number of benzene rings is 2. The molecule has 0 saturated carbocycles. The summed E-state index contributed by atoms with van der Waals surface area (Å²) in [5, 5.41) is 12.3. The van der Waals surface area contributed by atoms with Gasteiger partial charge in [-0.2, -0.15) is 0 Å². The van der Waals surface area contributed by atoms with E-state index < -0.39 is 0 Å². The third-order valence-electron chi connectivity index (χ3n) is 4.24. The summed E-state index contributed by atoms with van der Waals surface area (Å²) in [6, 6.07) is 12.9. The first-order chi connectivity index (χ1) is 11.7. The minimum atomic E-state index is -0.216. The number of hydrogen-bond donors (Lipinski definition) is 1. The quantitative estimate of drug-likeness (QED) is 0.478. The second kappa shape index (κ2) is 7.81. The van der Waals surface area contributed by atoms with Gasteiger partial charge in [0.1, 0.15) is 5.82 Å². The van der Waals surface area contributed by atoms with Gasteiger partial charge in [0.2, 0.25) is 0 Å². The molecule has 0 radical (unpaired) electrons. The topological polar surface area (TPSA) is 41.8 Å². The first kappa shape index (κ1) is 17.0. The maximum absolute atomic E-state index is 14.1. The fraction of sp³-hybridized carbons (Fsp3) is 0.316. The average Bonchev–Trinajstić information content (AvgIpc) is 2.62. The molecule has 1 heterocycles. The first-order valence-corrected chi connectivity index (χ1v) is 8.83. The third-order valence-corrected chi connectivity index (χ3v) is 5.29. The molecule has 0 spiro atoms.